The predicted molar refractivity (Wildman–Crippen MR) is 196 cm³/mol. The zero-order chi connectivity index (χ0) is 39.9. The largest absolute Gasteiger partial charge is 0.390 e. The van der Waals surface area contributed by atoms with Crippen LogP contribution < -0.4 is 32.9 Å². The Bertz CT molecular complexity index is 1400. The molecule has 11 N–H and O–H groups in total. The van der Waals surface area contributed by atoms with Crippen molar-refractivity contribution in [3.8, 4) is 0 Å². The van der Waals surface area contributed by atoms with Crippen molar-refractivity contribution >= 4 is 11.8 Å². The van der Waals surface area contributed by atoms with Crippen molar-refractivity contribution in [3.63, 3.8) is 0 Å². The van der Waals surface area contributed by atoms with Crippen LogP contribution in [-0.2, 0) is 23.8 Å². The van der Waals surface area contributed by atoms with E-state index in [9.17, 15) is 44.7 Å². The molecule has 3 heterocycles. The zero-order valence-electron chi connectivity index (χ0n) is 31.8. The number of nitrogens with two attached hydrogens (primary N) is 1. The Morgan fingerprint density at radius 3 is 2.13 bits per heavy atom. The Balaban J connectivity index is 1.76. The molecule has 2 amide bonds. The lowest BCUT2D eigenvalue weighted by Crippen LogP contribution is -2.62. The third-order valence-corrected chi connectivity index (χ3v) is 10.2. The van der Waals surface area contributed by atoms with Crippen molar-refractivity contribution < 1.29 is 49.3 Å². The summed E-state index contributed by atoms with van der Waals surface area (Å²) in [4.78, 5) is 54.4. The van der Waals surface area contributed by atoms with E-state index in [-0.39, 0.29) is 13.1 Å². The molecule has 2 aliphatic rings. The number of unbranched alkanes of at least 4 members (excludes halogenated alkanes) is 9. The fourth-order valence-corrected chi connectivity index (χ4v) is 7.02. The van der Waals surface area contributed by atoms with E-state index in [0.29, 0.717) is 6.54 Å². The molecule has 19 heteroatoms. The number of aliphatic hydroxyl groups excluding tert-OH is 5. The van der Waals surface area contributed by atoms with Gasteiger partial charge in [-0.1, -0.05) is 64.7 Å². The van der Waals surface area contributed by atoms with Crippen LogP contribution >= 0.6 is 0 Å². The summed E-state index contributed by atoms with van der Waals surface area (Å²) in [5, 5.41) is 63.1. The molecule has 310 valence electrons. The van der Waals surface area contributed by atoms with E-state index in [2.05, 4.69) is 22.9 Å². The molecule has 1 aromatic heterocycles. The molecule has 2 fully saturated rings. The molecular weight excluding hydrogens is 710 g/mol. The van der Waals surface area contributed by atoms with Gasteiger partial charge in [-0.3, -0.25) is 28.8 Å². The van der Waals surface area contributed by atoms with Gasteiger partial charge in [-0.15, -0.1) is 0 Å². The van der Waals surface area contributed by atoms with Gasteiger partial charge in [0.15, 0.2) is 12.5 Å². The number of likely N-dealkylation sites (N-methyl/N-ethyl adjacent to an activating group) is 3. The highest BCUT2D eigenvalue weighted by Gasteiger charge is 2.54. The standard InChI is InChI=1S/C35H63N7O12/c1-5-6-7-8-9-10-11-12-13-14-16-39-31(49)23(37-2)20(43)19-41(4)24(32(50)38-3)29(54-34-28(48)25(45)21(18-36)52-34)30-26(46)27(47)33(53-30)42-17-15-22(44)40-35(42)51/h15,17,20-21,23-30,33-34,37,43,45-48H,5-14,16,18-19,36H2,1-4H3,(H,38,50)(H,39,49)(H,40,44,51)/t20-,21+,23?,24-,25+,26-,27+,28+,29+,30?,33?,34?/m0/s1. The lowest BCUT2D eigenvalue weighted by Gasteiger charge is -2.39. The molecule has 1 aromatic rings. The van der Waals surface area contributed by atoms with Gasteiger partial charge in [0, 0.05) is 38.9 Å². The van der Waals surface area contributed by atoms with Crippen LogP contribution in [0.4, 0.5) is 0 Å². The van der Waals surface area contributed by atoms with Crippen molar-refractivity contribution in [2.24, 2.45) is 5.73 Å². The number of aliphatic hydroxyl groups is 5. The average Bonchev–Trinajstić information content (AvgIpc) is 3.58. The maximum absolute atomic E-state index is 13.6. The molecule has 0 aliphatic carbocycles. The van der Waals surface area contributed by atoms with Crippen LogP contribution in [-0.4, -0.2) is 160 Å². The first-order valence-corrected chi connectivity index (χ1v) is 19.1. The monoisotopic (exact) mass is 773 g/mol. The highest BCUT2D eigenvalue weighted by Crippen LogP contribution is 2.35. The summed E-state index contributed by atoms with van der Waals surface area (Å²) in [5.74, 6) is -1.17. The Labute approximate surface area is 315 Å². The fourth-order valence-electron chi connectivity index (χ4n) is 7.02. The molecule has 0 radical (unpaired) electrons. The topological polar surface area (TPSA) is 283 Å². The fraction of sp³-hybridized carbons (Fsp3) is 0.829. The van der Waals surface area contributed by atoms with Crippen molar-refractivity contribution in [1.29, 1.82) is 0 Å². The van der Waals surface area contributed by atoms with Crippen LogP contribution in [0.3, 0.4) is 0 Å². The van der Waals surface area contributed by atoms with Crippen LogP contribution in [0.1, 0.15) is 77.4 Å². The van der Waals surface area contributed by atoms with Crippen molar-refractivity contribution in [1.82, 2.24) is 30.4 Å². The van der Waals surface area contributed by atoms with E-state index in [4.69, 9.17) is 19.9 Å². The van der Waals surface area contributed by atoms with Gasteiger partial charge in [-0.05, 0) is 20.5 Å². The van der Waals surface area contributed by atoms with Gasteiger partial charge in [0.2, 0.25) is 11.8 Å². The molecule has 0 saturated carbocycles. The number of carbonyl (C=O) groups excluding carboxylic acids is 2. The summed E-state index contributed by atoms with van der Waals surface area (Å²) >= 11 is 0. The second kappa shape index (κ2) is 22.7. The van der Waals surface area contributed by atoms with E-state index < -0.39 is 96.5 Å². The molecule has 0 aromatic carbocycles. The van der Waals surface area contributed by atoms with Crippen molar-refractivity contribution in [3.05, 3.63) is 33.1 Å². The maximum Gasteiger partial charge on any atom is 0.330 e. The van der Waals surface area contributed by atoms with E-state index >= 15 is 0 Å². The van der Waals surface area contributed by atoms with E-state index in [1.165, 1.54) is 64.6 Å². The van der Waals surface area contributed by atoms with Gasteiger partial charge in [-0.25, -0.2) is 4.79 Å². The number of ether oxygens (including phenoxy) is 3. The second-order valence-corrected chi connectivity index (χ2v) is 14.2. The summed E-state index contributed by atoms with van der Waals surface area (Å²) < 4.78 is 18.5. The summed E-state index contributed by atoms with van der Waals surface area (Å²) in [6.45, 7) is 2.11. The zero-order valence-corrected chi connectivity index (χ0v) is 31.8. The van der Waals surface area contributed by atoms with Crippen LogP contribution in [0, 0.1) is 0 Å². The molecule has 3 rings (SSSR count). The molecule has 54 heavy (non-hydrogen) atoms. The summed E-state index contributed by atoms with van der Waals surface area (Å²) in [7, 11) is 4.28. The quantitative estimate of drug-likeness (QED) is 0.0468. The number of hydrogen-bond donors (Lipinski definition) is 10. The lowest BCUT2D eigenvalue weighted by atomic mass is 9.96. The lowest BCUT2D eigenvalue weighted by molar-refractivity contribution is -0.233. The van der Waals surface area contributed by atoms with Gasteiger partial charge in [-0.2, -0.15) is 0 Å². The van der Waals surface area contributed by atoms with E-state index in [1.54, 1.807) is 0 Å². The molecule has 0 bridgehead atoms. The Hall–Kier alpha value is -2.82. The summed E-state index contributed by atoms with van der Waals surface area (Å²) in [5.41, 5.74) is 4.02. The van der Waals surface area contributed by atoms with Crippen LogP contribution in [0.2, 0.25) is 0 Å². The molecule has 2 saturated heterocycles. The number of rotatable bonds is 24. The smallest absolute Gasteiger partial charge is 0.330 e. The Kier molecular flexibility index (Phi) is 19.1. The van der Waals surface area contributed by atoms with Crippen molar-refractivity contribution in [2.75, 3.05) is 40.8 Å². The van der Waals surface area contributed by atoms with Crippen LogP contribution in [0.15, 0.2) is 21.9 Å². The predicted octanol–water partition coefficient (Wildman–Crippen LogP) is -3.02. The minimum atomic E-state index is -1.82. The normalized spacial score (nSPS) is 27.8. The molecule has 0 spiro atoms. The number of carbonyl (C=O) groups is 2. The average molecular weight is 774 g/mol. The Morgan fingerprint density at radius 1 is 0.944 bits per heavy atom. The summed E-state index contributed by atoms with van der Waals surface area (Å²) in [6, 6.07) is -1.55. The first kappa shape index (κ1) is 45.6. The highest BCUT2D eigenvalue weighted by molar-refractivity contribution is 5.83. The number of H-pyrrole nitrogens is 1. The van der Waals surface area contributed by atoms with Crippen LogP contribution in [0.5, 0.6) is 0 Å². The first-order chi connectivity index (χ1) is 25.8. The SMILES string of the molecule is CCCCCCCCCCCCNC(=O)C(NC)[C@@H](O)CN(C)[C@H](C(=O)NC)[C@@H](OC1O[C@H](CN)[C@@H](O)[C@H]1O)C1OC(n2ccc(=O)[nH]c2=O)[C@H](O)[C@@H]1O. The maximum atomic E-state index is 13.6. The van der Waals surface area contributed by atoms with E-state index in [0.717, 1.165) is 42.5 Å². The minimum absolute atomic E-state index is 0.196. The first-order valence-electron chi connectivity index (χ1n) is 19.1. The van der Waals surface area contributed by atoms with Gasteiger partial charge < -0.3 is 61.4 Å². The summed E-state index contributed by atoms with van der Waals surface area (Å²) in [6.07, 6.45) is -3.05. The highest BCUT2D eigenvalue weighted by atomic mass is 16.7. The van der Waals surface area contributed by atoms with E-state index in [1.807, 2.05) is 4.98 Å². The number of aromatic amines is 1. The third kappa shape index (κ3) is 12.1. The third-order valence-electron chi connectivity index (χ3n) is 10.2. The van der Waals surface area contributed by atoms with Crippen molar-refractivity contribution in [2.45, 2.75) is 145 Å². The van der Waals surface area contributed by atoms with Gasteiger partial charge >= 0.3 is 5.69 Å². The molecule has 4 unspecified atom stereocenters. The number of amides is 2. The number of aromatic nitrogens is 2. The Morgan fingerprint density at radius 2 is 1.57 bits per heavy atom. The van der Waals surface area contributed by atoms with Gasteiger partial charge in [0.05, 0.1) is 6.10 Å². The van der Waals surface area contributed by atoms with Gasteiger partial charge in [0.1, 0.15) is 54.8 Å². The molecular formula is C35H63N7O12. The molecule has 2 aliphatic heterocycles. The van der Waals surface area contributed by atoms with Gasteiger partial charge in [0.25, 0.3) is 5.56 Å². The number of nitrogens with zero attached hydrogens (tertiary/aromatic N) is 2. The molecule has 19 nitrogen and oxygen atoms in total. The minimum Gasteiger partial charge on any atom is -0.390 e. The number of nitrogens with one attached hydrogen (secondary N) is 4. The molecule has 12 atom stereocenters. The number of hydrogen-bond acceptors (Lipinski definition) is 15. The second-order valence-electron chi connectivity index (χ2n) is 14.2. The van der Waals surface area contributed by atoms with Crippen LogP contribution in [0.25, 0.3) is 0 Å².